The van der Waals surface area contributed by atoms with E-state index in [1.165, 1.54) is 10.8 Å². The van der Waals surface area contributed by atoms with E-state index in [0.29, 0.717) is 0 Å². The van der Waals surface area contributed by atoms with Crippen LogP contribution in [0.3, 0.4) is 0 Å². The van der Waals surface area contributed by atoms with Gasteiger partial charge in [0, 0.05) is 16.4 Å². The zero-order chi connectivity index (χ0) is 16.4. The van der Waals surface area contributed by atoms with Crippen LogP contribution >= 0.6 is 15.9 Å². The minimum absolute atomic E-state index is 0.935. The molecule has 0 aliphatic carbocycles. The van der Waals surface area contributed by atoms with Crippen molar-refractivity contribution in [3.8, 4) is 5.69 Å². The molecule has 0 spiro atoms. The summed E-state index contributed by atoms with van der Waals surface area (Å²) in [7, 11) is 0. The molecule has 116 valence electrons. The molecule has 0 radical (unpaired) electrons. The van der Waals surface area contributed by atoms with Crippen molar-refractivity contribution in [3.05, 3.63) is 95.2 Å². The van der Waals surface area contributed by atoms with Crippen molar-refractivity contribution < 1.29 is 0 Å². The monoisotopic (exact) mass is 374 g/mol. The van der Waals surface area contributed by atoms with Gasteiger partial charge < -0.3 is 4.57 Å². The summed E-state index contributed by atoms with van der Waals surface area (Å²) in [5, 5.41) is 2.48. The van der Waals surface area contributed by atoms with Crippen LogP contribution in [0.2, 0.25) is 0 Å². The summed E-state index contributed by atoms with van der Waals surface area (Å²) >= 11 is 3.44. The molecule has 3 aromatic carbocycles. The number of aliphatic imine (C=N–C) groups is 1. The van der Waals surface area contributed by atoms with Crippen LogP contribution in [0.4, 0.5) is 5.69 Å². The molecule has 0 amide bonds. The number of aromatic nitrogens is 1. The van der Waals surface area contributed by atoms with Gasteiger partial charge in [0.15, 0.2) is 0 Å². The van der Waals surface area contributed by atoms with Gasteiger partial charge in [-0.3, -0.25) is 4.99 Å². The lowest BCUT2D eigenvalue weighted by Crippen LogP contribution is -1.97. The van der Waals surface area contributed by atoms with E-state index in [4.69, 9.17) is 0 Å². The number of fused-ring (bicyclic) bond motifs is 1. The van der Waals surface area contributed by atoms with Crippen LogP contribution in [0.15, 0.2) is 94.5 Å². The summed E-state index contributed by atoms with van der Waals surface area (Å²) < 4.78 is 3.20. The van der Waals surface area contributed by atoms with E-state index in [9.17, 15) is 0 Å². The Balaban J connectivity index is 1.69. The molecule has 0 fully saturated rings. The zero-order valence-corrected chi connectivity index (χ0v) is 14.5. The average Bonchev–Trinajstić information content (AvgIpc) is 3.09. The largest absolute Gasteiger partial charge is 0.316 e. The van der Waals surface area contributed by atoms with Crippen molar-refractivity contribution in [2.45, 2.75) is 0 Å². The third-order valence-corrected chi connectivity index (χ3v) is 4.49. The molecule has 0 aliphatic rings. The van der Waals surface area contributed by atoms with Gasteiger partial charge in [0.2, 0.25) is 0 Å². The molecule has 4 aromatic rings. The van der Waals surface area contributed by atoms with Crippen LogP contribution < -0.4 is 0 Å². The smallest absolute Gasteiger partial charge is 0.0639 e. The van der Waals surface area contributed by atoms with Gasteiger partial charge in [0.1, 0.15) is 0 Å². The van der Waals surface area contributed by atoms with Crippen molar-refractivity contribution in [3.63, 3.8) is 0 Å². The van der Waals surface area contributed by atoms with Crippen LogP contribution in [-0.2, 0) is 0 Å². The van der Waals surface area contributed by atoms with Gasteiger partial charge in [-0.25, -0.2) is 0 Å². The highest BCUT2D eigenvalue weighted by atomic mass is 79.9. The first-order chi connectivity index (χ1) is 11.8. The Labute approximate surface area is 149 Å². The van der Waals surface area contributed by atoms with Gasteiger partial charge in [0.05, 0.1) is 17.6 Å². The highest BCUT2D eigenvalue weighted by Gasteiger charge is 2.02. The number of halogens is 1. The lowest BCUT2D eigenvalue weighted by atomic mass is 10.1. The Morgan fingerprint density at radius 3 is 2.42 bits per heavy atom. The first kappa shape index (κ1) is 14.9. The predicted octanol–water partition coefficient (Wildman–Crippen LogP) is 6.14. The molecule has 1 aromatic heterocycles. The quantitative estimate of drug-likeness (QED) is 0.383. The van der Waals surface area contributed by atoms with E-state index in [2.05, 4.69) is 80.2 Å². The maximum absolute atomic E-state index is 4.57. The number of hydrogen-bond acceptors (Lipinski definition) is 1. The van der Waals surface area contributed by atoms with Crippen molar-refractivity contribution >= 4 is 38.6 Å². The fourth-order valence-corrected chi connectivity index (χ4v) is 2.99. The molecule has 0 unspecified atom stereocenters. The first-order valence-corrected chi connectivity index (χ1v) is 8.55. The van der Waals surface area contributed by atoms with E-state index < -0.39 is 0 Å². The summed E-state index contributed by atoms with van der Waals surface area (Å²) in [5.74, 6) is 0. The Bertz CT molecular complexity index is 1010. The van der Waals surface area contributed by atoms with Gasteiger partial charge in [-0.1, -0.05) is 46.3 Å². The summed E-state index contributed by atoms with van der Waals surface area (Å²) in [6, 6.07) is 27.0. The van der Waals surface area contributed by atoms with Crippen molar-refractivity contribution in [1.82, 2.24) is 4.57 Å². The maximum Gasteiger partial charge on any atom is 0.0639 e. The van der Waals surface area contributed by atoms with E-state index in [1.807, 2.05) is 36.5 Å². The molecule has 0 atom stereocenters. The highest BCUT2D eigenvalue weighted by molar-refractivity contribution is 9.10. The standard InChI is InChI=1S/C21H15BrN2/c22-18-8-10-19(11-9-18)23-15-21-6-3-13-24(21)20-12-7-16-4-1-2-5-17(16)14-20/h1-15H. The molecule has 1 heterocycles. The lowest BCUT2D eigenvalue weighted by Gasteiger charge is -2.08. The Kier molecular flexibility index (Phi) is 4.01. The van der Waals surface area contributed by atoms with Crippen LogP contribution in [0.1, 0.15) is 5.69 Å². The second-order valence-corrected chi connectivity index (χ2v) is 6.48. The minimum Gasteiger partial charge on any atom is -0.316 e. The van der Waals surface area contributed by atoms with Gasteiger partial charge in [0.25, 0.3) is 0 Å². The van der Waals surface area contributed by atoms with E-state index in [-0.39, 0.29) is 0 Å². The summed E-state index contributed by atoms with van der Waals surface area (Å²) in [4.78, 5) is 4.57. The molecule has 2 nitrogen and oxygen atoms in total. The van der Waals surface area contributed by atoms with E-state index >= 15 is 0 Å². The average molecular weight is 375 g/mol. The van der Waals surface area contributed by atoms with Gasteiger partial charge in [-0.15, -0.1) is 0 Å². The Morgan fingerprint density at radius 1 is 0.792 bits per heavy atom. The topological polar surface area (TPSA) is 17.3 Å². The molecule has 0 saturated carbocycles. The Hall–Kier alpha value is -2.65. The summed E-state index contributed by atoms with van der Waals surface area (Å²) in [6.07, 6.45) is 3.96. The van der Waals surface area contributed by atoms with Gasteiger partial charge in [-0.2, -0.15) is 0 Å². The first-order valence-electron chi connectivity index (χ1n) is 7.76. The molecular formula is C21H15BrN2. The van der Waals surface area contributed by atoms with E-state index in [0.717, 1.165) is 21.5 Å². The summed E-state index contributed by atoms with van der Waals surface area (Å²) in [6.45, 7) is 0. The van der Waals surface area contributed by atoms with Gasteiger partial charge in [-0.05, 0) is 59.3 Å². The highest BCUT2D eigenvalue weighted by Crippen LogP contribution is 2.21. The molecule has 0 N–H and O–H groups in total. The Morgan fingerprint density at radius 2 is 1.58 bits per heavy atom. The zero-order valence-electron chi connectivity index (χ0n) is 12.9. The van der Waals surface area contributed by atoms with Gasteiger partial charge >= 0.3 is 0 Å². The third-order valence-electron chi connectivity index (χ3n) is 3.96. The van der Waals surface area contributed by atoms with Crippen LogP contribution in [0.5, 0.6) is 0 Å². The van der Waals surface area contributed by atoms with Crippen LogP contribution in [-0.4, -0.2) is 10.8 Å². The molecule has 3 heteroatoms. The SMILES string of the molecule is Brc1ccc(N=Cc2cccn2-c2ccc3ccccc3c2)cc1. The van der Waals surface area contributed by atoms with E-state index in [1.54, 1.807) is 0 Å². The minimum atomic E-state index is 0.935. The number of nitrogens with zero attached hydrogens (tertiary/aromatic N) is 2. The van der Waals surface area contributed by atoms with Crippen molar-refractivity contribution in [2.75, 3.05) is 0 Å². The molecule has 4 rings (SSSR count). The van der Waals surface area contributed by atoms with Crippen LogP contribution in [0, 0.1) is 0 Å². The van der Waals surface area contributed by atoms with Crippen molar-refractivity contribution in [2.24, 2.45) is 4.99 Å². The second kappa shape index (κ2) is 6.46. The molecule has 0 saturated heterocycles. The number of rotatable bonds is 3. The predicted molar refractivity (Wildman–Crippen MR) is 105 cm³/mol. The lowest BCUT2D eigenvalue weighted by molar-refractivity contribution is 1.07. The fourth-order valence-electron chi connectivity index (χ4n) is 2.73. The molecule has 0 aliphatic heterocycles. The molecule has 24 heavy (non-hydrogen) atoms. The molecular weight excluding hydrogens is 360 g/mol. The normalized spacial score (nSPS) is 11.4. The number of benzene rings is 3. The fraction of sp³-hybridized carbons (Fsp3) is 0. The van der Waals surface area contributed by atoms with Crippen molar-refractivity contribution in [1.29, 1.82) is 0 Å². The number of hydrogen-bond donors (Lipinski definition) is 0. The second-order valence-electron chi connectivity index (χ2n) is 5.57. The molecule has 0 bridgehead atoms. The summed E-state index contributed by atoms with van der Waals surface area (Å²) in [5.41, 5.74) is 3.12. The maximum atomic E-state index is 4.57. The third kappa shape index (κ3) is 3.03. The van der Waals surface area contributed by atoms with Crippen LogP contribution in [0.25, 0.3) is 16.5 Å².